The van der Waals surface area contributed by atoms with Crippen molar-refractivity contribution in [2.45, 2.75) is 39.2 Å². The molecule has 0 radical (unpaired) electrons. The standard InChI is InChI=1S/C25H27NO3/c1-3-14-28-22-10-12-23(13-11-22)29-24-9-8-20-15-19(6-7-21(20)16-24)17(2)26-25(27)18-4-5-18/h6-13,15-18H,3-5,14H2,1-2H3,(H,26,27). The van der Waals surface area contributed by atoms with Crippen molar-refractivity contribution in [3.05, 3.63) is 66.2 Å². The summed E-state index contributed by atoms with van der Waals surface area (Å²) < 4.78 is 11.6. The summed E-state index contributed by atoms with van der Waals surface area (Å²) in [5.41, 5.74) is 1.11. The Morgan fingerprint density at radius 3 is 2.34 bits per heavy atom. The third kappa shape index (κ3) is 4.89. The molecule has 1 unspecified atom stereocenters. The number of rotatable bonds is 8. The van der Waals surface area contributed by atoms with Crippen LogP contribution in [-0.2, 0) is 4.79 Å². The number of fused-ring (bicyclic) bond motifs is 1. The third-order valence-electron chi connectivity index (χ3n) is 5.17. The molecule has 0 saturated heterocycles. The zero-order valence-electron chi connectivity index (χ0n) is 17.0. The molecule has 1 saturated carbocycles. The number of carbonyl (C=O) groups is 1. The Kier molecular flexibility index (Phi) is 5.70. The molecule has 0 bridgehead atoms. The van der Waals surface area contributed by atoms with E-state index >= 15 is 0 Å². The van der Waals surface area contributed by atoms with Gasteiger partial charge in [-0.05, 0) is 85.0 Å². The highest BCUT2D eigenvalue weighted by Gasteiger charge is 2.30. The minimum atomic E-state index is 0.0110. The van der Waals surface area contributed by atoms with Gasteiger partial charge >= 0.3 is 0 Å². The SMILES string of the molecule is CCCOc1ccc(Oc2ccc3cc(C(C)NC(=O)C4CC4)ccc3c2)cc1. The van der Waals surface area contributed by atoms with Gasteiger partial charge in [-0.3, -0.25) is 4.79 Å². The van der Waals surface area contributed by atoms with Crippen molar-refractivity contribution in [3.63, 3.8) is 0 Å². The maximum Gasteiger partial charge on any atom is 0.223 e. The zero-order valence-corrected chi connectivity index (χ0v) is 17.0. The molecule has 3 aromatic carbocycles. The van der Waals surface area contributed by atoms with E-state index in [1.165, 1.54) is 0 Å². The van der Waals surface area contributed by atoms with Crippen molar-refractivity contribution in [2.75, 3.05) is 6.61 Å². The molecule has 150 valence electrons. The Morgan fingerprint density at radius 2 is 1.62 bits per heavy atom. The third-order valence-corrected chi connectivity index (χ3v) is 5.17. The number of hydrogen-bond acceptors (Lipinski definition) is 3. The van der Waals surface area contributed by atoms with Crippen LogP contribution in [-0.4, -0.2) is 12.5 Å². The minimum absolute atomic E-state index is 0.0110. The highest BCUT2D eigenvalue weighted by Crippen LogP contribution is 2.31. The van der Waals surface area contributed by atoms with E-state index in [2.05, 4.69) is 36.5 Å². The van der Waals surface area contributed by atoms with Gasteiger partial charge < -0.3 is 14.8 Å². The molecule has 1 aliphatic carbocycles. The number of ether oxygens (including phenoxy) is 2. The average Bonchev–Trinajstić information content (AvgIpc) is 3.58. The fraction of sp³-hybridized carbons (Fsp3) is 0.320. The first-order chi connectivity index (χ1) is 14.1. The molecule has 1 atom stereocenters. The first kappa shape index (κ1) is 19.3. The molecule has 1 aliphatic rings. The summed E-state index contributed by atoms with van der Waals surface area (Å²) in [6.45, 7) is 4.84. The summed E-state index contributed by atoms with van der Waals surface area (Å²) in [4.78, 5) is 12.0. The maximum absolute atomic E-state index is 12.0. The van der Waals surface area contributed by atoms with Gasteiger partial charge in [-0.1, -0.05) is 25.1 Å². The van der Waals surface area contributed by atoms with Crippen molar-refractivity contribution in [1.29, 1.82) is 0 Å². The lowest BCUT2D eigenvalue weighted by Gasteiger charge is -2.15. The van der Waals surface area contributed by atoms with E-state index in [-0.39, 0.29) is 17.9 Å². The highest BCUT2D eigenvalue weighted by atomic mass is 16.5. The first-order valence-corrected chi connectivity index (χ1v) is 10.4. The van der Waals surface area contributed by atoms with Crippen LogP contribution in [0.15, 0.2) is 60.7 Å². The van der Waals surface area contributed by atoms with Crippen LogP contribution < -0.4 is 14.8 Å². The van der Waals surface area contributed by atoms with E-state index < -0.39 is 0 Å². The molecule has 0 aliphatic heterocycles. The first-order valence-electron chi connectivity index (χ1n) is 10.4. The van der Waals surface area contributed by atoms with Gasteiger partial charge in [0, 0.05) is 5.92 Å². The molecule has 4 heteroatoms. The summed E-state index contributed by atoms with van der Waals surface area (Å²) >= 11 is 0. The predicted molar refractivity (Wildman–Crippen MR) is 116 cm³/mol. The molecule has 1 amide bonds. The summed E-state index contributed by atoms with van der Waals surface area (Å²) in [6.07, 6.45) is 3.03. The fourth-order valence-electron chi connectivity index (χ4n) is 3.30. The van der Waals surface area contributed by atoms with Gasteiger partial charge in [-0.15, -0.1) is 0 Å². The topological polar surface area (TPSA) is 47.6 Å². The molecule has 1 N–H and O–H groups in total. The normalized spacial score (nSPS) is 14.4. The molecule has 29 heavy (non-hydrogen) atoms. The quantitative estimate of drug-likeness (QED) is 0.513. The monoisotopic (exact) mass is 389 g/mol. The Hall–Kier alpha value is -3.01. The lowest BCUT2D eigenvalue weighted by molar-refractivity contribution is -0.122. The van der Waals surface area contributed by atoms with Gasteiger partial charge in [-0.2, -0.15) is 0 Å². The number of benzene rings is 3. The van der Waals surface area contributed by atoms with Gasteiger partial charge in [0.1, 0.15) is 17.2 Å². The fourth-order valence-corrected chi connectivity index (χ4v) is 3.30. The highest BCUT2D eigenvalue weighted by molar-refractivity contribution is 5.85. The lowest BCUT2D eigenvalue weighted by Crippen LogP contribution is -2.27. The average molecular weight is 389 g/mol. The Bertz CT molecular complexity index is 993. The number of hydrogen-bond donors (Lipinski definition) is 1. The zero-order chi connectivity index (χ0) is 20.2. The van der Waals surface area contributed by atoms with Crippen LogP contribution in [0, 0.1) is 5.92 Å². The largest absolute Gasteiger partial charge is 0.494 e. The smallest absolute Gasteiger partial charge is 0.223 e. The molecule has 0 spiro atoms. The summed E-state index contributed by atoms with van der Waals surface area (Å²) in [5.74, 6) is 2.83. The molecular formula is C25H27NO3. The lowest BCUT2D eigenvalue weighted by atomic mass is 10.0. The van der Waals surface area contributed by atoms with Crippen molar-refractivity contribution >= 4 is 16.7 Å². The van der Waals surface area contributed by atoms with Crippen LogP contribution in [0.3, 0.4) is 0 Å². The van der Waals surface area contributed by atoms with E-state index in [1.54, 1.807) is 0 Å². The summed E-state index contributed by atoms with van der Waals surface area (Å²) in [6, 6.07) is 20.1. The predicted octanol–water partition coefficient (Wildman–Crippen LogP) is 6.01. The number of carbonyl (C=O) groups excluding carboxylic acids is 1. The second-order valence-electron chi connectivity index (χ2n) is 7.69. The molecule has 0 aromatic heterocycles. The van der Waals surface area contributed by atoms with E-state index in [0.29, 0.717) is 0 Å². The Labute approximate surface area is 171 Å². The summed E-state index contributed by atoms with van der Waals surface area (Å²) in [5, 5.41) is 5.35. The van der Waals surface area contributed by atoms with Gasteiger partial charge in [0.25, 0.3) is 0 Å². The Morgan fingerprint density at radius 1 is 0.966 bits per heavy atom. The molecule has 1 fully saturated rings. The number of nitrogens with one attached hydrogen (secondary N) is 1. The molecule has 0 heterocycles. The Balaban J connectivity index is 1.44. The second-order valence-corrected chi connectivity index (χ2v) is 7.69. The molecule has 4 nitrogen and oxygen atoms in total. The summed E-state index contributed by atoms with van der Waals surface area (Å²) in [7, 11) is 0. The molecule has 4 rings (SSSR count). The van der Waals surface area contributed by atoms with Crippen molar-refractivity contribution in [3.8, 4) is 17.2 Å². The van der Waals surface area contributed by atoms with Gasteiger partial charge in [-0.25, -0.2) is 0 Å². The number of amides is 1. The van der Waals surface area contributed by atoms with Crippen LogP contribution >= 0.6 is 0 Å². The van der Waals surface area contributed by atoms with Gasteiger partial charge in [0.2, 0.25) is 5.91 Å². The van der Waals surface area contributed by atoms with E-state index in [4.69, 9.17) is 9.47 Å². The van der Waals surface area contributed by atoms with Crippen molar-refractivity contribution in [2.24, 2.45) is 5.92 Å². The van der Waals surface area contributed by atoms with E-state index in [9.17, 15) is 4.79 Å². The molecule has 3 aromatic rings. The van der Waals surface area contributed by atoms with Crippen molar-refractivity contribution < 1.29 is 14.3 Å². The van der Waals surface area contributed by atoms with Crippen LogP contribution in [0.25, 0.3) is 10.8 Å². The molecular weight excluding hydrogens is 362 g/mol. The van der Waals surface area contributed by atoms with Gasteiger partial charge in [0.05, 0.1) is 12.6 Å². The van der Waals surface area contributed by atoms with E-state index in [1.807, 2.05) is 43.3 Å². The second kappa shape index (κ2) is 8.56. The van der Waals surface area contributed by atoms with E-state index in [0.717, 1.165) is 59.5 Å². The van der Waals surface area contributed by atoms with Crippen molar-refractivity contribution in [1.82, 2.24) is 5.32 Å². The van der Waals surface area contributed by atoms with Crippen LogP contribution in [0.1, 0.15) is 44.7 Å². The maximum atomic E-state index is 12.0. The van der Waals surface area contributed by atoms with Crippen LogP contribution in [0.4, 0.5) is 0 Å². The van der Waals surface area contributed by atoms with Crippen LogP contribution in [0.5, 0.6) is 17.2 Å². The minimum Gasteiger partial charge on any atom is -0.494 e. The van der Waals surface area contributed by atoms with Gasteiger partial charge in [0.15, 0.2) is 0 Å². The van der Waals surface area contributed by atoms with Crippen LogP contribution in [0.2, 0.25) is 0 Å².